The Hall–Kier alpha value is -5.43. The van der Waals surface area contributed by atoms with Gasteiger partial charge in [0.05, 0.1) is 32.6 Å². The Bertz CT molecular complexity index is 2370. The van der Waals surface area contributed by atoms with E-state index in [2.05, 4.69) is 20.5 Å². The Balaban J connectivity index is 0.000000280. The van der Waals surface area contributed by atoms with Crippen LogP contribution in [-0.2, 0) is 22.8 Å². The number of rotatable bonds is 8. The number of non-ortho nitro benzene ring substituents is 1. The maximum Gasteiger partial charge on any atom is 3.00 e. The molecule has 0 amide bonds. The van der Waals surface area contributed by atoms with Crippen molar-refractivity contribution in [3.8, 4) is 23.0 Å². The van der Waals surface area contributed by atoms with Crippen LogP contribution in [0.25, 0.3) is 21.5 Å². The van der Waals surface area contributed by atoms with Gasteiger partial charge >= 0.3 is 46.9 Å². The predicted molar refractivity (Wildman–Crippen MR) is 184 cm³/mol. The van der Waals surface area contributed by atoms with Crippen LogP contribution in [0.15, 0.2) is 124 Å². The third kappa shape index (κ3) is 9.52. The van der Waals surface area contributed by atoms with Crippen LogP contribution in [0.4, 0.5) is 34.1 Å². The van der Waals surface area contributed by atoms with Crippen molar-refractivity contribution >= 4 is 55.7 Å². The summed E-state index contributed by atoms with van der Waals surface area (Å²) in [6.07, 6.45) is 0.715. The standard InChI is InChI=1S/C21H21N3O4.C16H11N3O4.Cr.Na/c1-4-21(2,3)14-11-16(20(26)17(12-14)24(27)28)22-23-19-15-8-6-5-7-13(15)9-10-18(19)25;20-14-8-6-11(19(22)23)9-13(14)17-18-16-12-4-2-1-3-10(12)5-7-15(16)21;;/h5-12,25-26H,4H2,1-3H3;1-9,20-21H;;/q;;+3;+1/p-4. The fourth-order valence-corrected chi connectivity index (χ4v) is 4.99. The average Bonchev–Trinajstić information content (AvgIpc) is 3.12. The molecule has 0 N–H and O–H groups in total. The number of hydrogen-bond donors (Lipinski definition) is 0. The summed E-state index contributed by atoms with van der Waals surface area (Å²) in [6.45, 7) is 5.81. The monoisotopic (exact) mass is 759 g/mol. The molecule has 6 rings (SSSR count). The van der Waals surface area contributed by atoms with Gasteiger partial charge in [0.25, 0.3) is 11.4 Å². The summed E-state index contributed by atoms with van der Waals surface area (Å²) >= 11 is 0. The van der Waals surface area contributed by atoms with Gasteiger partial charge in [-0.05, 0) is 34.2 Å². The van der Waals surface area contributed by atoms with Gasteiger partial charge in [-0.1, -0.05) is 117 Å². The Morgan fingerprint density at radius 2 is 1.09 bits per heavy atom. The molecule has 0 aliphatic rings. The molecule has 6 aromatic carbocycles. The Morgan fingerprint density at radius 1 is 0.604 bits per heavy atom. The fourth-order valence-electron chi connectivity index (χ4n) is 4.99. The van der Waals surface area contributed by atoms with Gasteiger partial charge in [0.1, 0.15) is 0 Å². The molecular formula is C37H28CrN6NaO8. The maximum absolute atomic E-state index is 12.5. The van der Waals surface area contributed by atoms with Gasteiger partial charge in [-0.3, -0.25) is 20.2 Å². The molecule has 0 spiro atoms. The van der Waals surface area contributed by atoms with Crippen molar-refractivity contribution < 1.29 is 77.2 Å². The zero-order valence-electron chi connectivity index (χ0n) is 28.9. The molecule has 0 saturated carbocycles. The largest absolute Gasteiger partial charge is 3.00 e. The summed E-state index contributed by atoms with van der Waals surface area (Å²) in [5, 5.41) is 88.8. The molecule has 0 fully saturated rings. The minimum Gasteiger partial charge on any atom is -0.871 e. The maximum atomic E-state index is 12.5. The van der Waals surface area contributed by atoms with Gasteiger partial charge < -0.3 is 20.4 Å². The zero-order chi connectivity index (χ0) is 36.9. The number of benzene rings is 6. The van der Waals surface area contributed by atoms with E-state index in [0.29, 0.717) is 22.8 Å². The number of azo groups is 2. The molecule has 1 radical (unpaired) electrons. The molecule has 0 aliphatic carbocycles. The van der Waals surface area contributed by atoms with Gasteiger partial charge in [0.2, 0.25) is 0 Å². The van der Waals surface area contributed by atoms with E-state index in [1.54, 1.807) is 36.4 Å². The van der Waals surface area contributed by atoms with E-state index in [4.69, 9.17) is 0 Å². The van der Waals surface area contributed by atoms with Crippen LogP contribution in [0.5, 0.6) is 23.0 Å². The van der Waals surface area contributed by atoms with Crippen molar-refractivity contribution in [2.45, 2.75) is 32.6 Å². The number of hydrogen-bond acceptors (Lipinski definition) is 12. The van der Waals surface area contributed by atoms with Crippen LogP contribution in [0.2, 0.25) is 0 Å². The first-order chi connectivity index (χ1) is 24.3. The van der Waals surface area contributed by atoms with Crippen molar-refractivity contribution in [2.24, 2.45) is 20.5 Å². The Labute approximate surface area is 335 Å². The molecule has 0 atom stereocenters. The van der Waals surface area contributed by atoms with Crippen LogP contribution >= 0.6 is 0 Å². The molecular weight excluding hydrogens is 731 g/mol. The van der Waals surface area contributed by atoms with Gasteiger partial charge in [0, 0.05) is 34.7 Å². The molecule has 53 heavy (non-hydrogen) atoms. The van der Waals surface area contributed by atoms with Crippen molar-refractivity contribution in [1.82, 2.24) is 0 Å². The first-order valence-electron chi connectivity index (χ1n) is 15.5. The molecule has 0 heterocycles. The van der Waals surface area contributed by atoms with Crippen LogP contribution in [0, 0.1) is 20.2 Å². The second kappa shape index (κ2) is 17.9. The van der Waals surface area contributed by atoms with Crippen LogP contribution < -0.4 is 50.0 Å². The Morgan fingerprint density at radius 3 is 1.58 bits per heavy atom. The molecule has 0 saturated heterocycles. The van der Waals surface area contributed by atoms with E-state index in [1.807, 2.05) is 45.0 Å². The summed E-state index contributed by atoms with van der Waals surface area (Å²) in [4.78, 5) is 20.7. The van der Waals surface area contributed by atoms with Gasteiger partial charge in [0.15, 0.2) is 0 Å². The molecule has 0 unspecified atom stereocenters. The summed E-state index contributed by atoms with van der Waals surface area (Å²) in [7, 11) is 0. The van der Waals surface area contributed by atoms with Crippen molar-refractivity contribution in [1.29, 1.82) is 0 Å². The first-order valence-corrected chi connectivity index (χ1v) is 15.5. The predicted octanol–water partition coefficient (Wildman–Crippen LogP) is 5.31. The fraction of sp³-hybridized carbons (Fsp3) is 0.135. The van der Waals surface area contributed by atoms with Crippen LogP contribution in [-0.4, -0.2) is 9.85 Å². The molecule has 16 heteroatoms. The zero-order valence-corrected chi connectivity index (χ0v) is 32.2. The topological polar surface area (TPSA) is 228 Å². The summed E-state index contributed by atoms with van der Waals surface area (Å²) in [5.74, 6) is -2.01. The second-order valence-corrected chi connectivity index (χ2v) is 11.9. The molecule has 0 aromatic heterocycles. The summed E-state index contributed by atoms with van der Waals surface area (Å²) in [5.41, 5.74) is -0.729. The smallest absolute Gasteiger partial charge is 0.871 e. The molecule has 14 nitrogen and oxygen atoms in total. The quantitative estimate of drug-likeness (QED) is 0.0853. The normalized spacial score (nSPS) is 11.2. The van der Waals surface area contributed by atoms with E-state index in [0.717, 1.165) is 29.0 Å². The average molecular weight is 760 g/mol. The van der Waals surface area contributed by atoms with E-state index in [9.17, 15) is 40.7 Å². The number of nitro groups is 2. The van der Waals surface area contributed by atoms with E-state index >= 15 is 0 Å². The number of fused-ring (bicyclic) bond motifs is 2. The molecule has 6 aromatic rings. The third-order valence-corrected chi connectivity index (χ3v) is 8.31. The van der Waals surface area contributed by atoms with E-state index < -0.39 is 27.0 Å². The second-order valence-electron chi connectivity index (χ2n) is 11.9. The Kier molecular flexibility index (Phi) is 14.2. The number of nitrogens with zero attached hydrogens (tertiary/aromatic N) is 6. The summed E-state index contributed by atoms with van der Waals surface area (Å²) in [6, 6.07) is 26.4. The molecule has 261 valence electrons. The minimum absolute atomic E-state index is 0. The van der Waals surface area contributed by atoms with Crippen molar-refractivity contribution in [3.05, 3.63) is 129 Å². The SMILES string of the molecule is CCC(C)(C)c1cc(N=Nc2c([O-])ccc3ccccc23)c([O-])c([N+](=O)[O-])c1.O=[N+]([O-])c1ccc([O-])c(N=Nc2c([O-])ccc3ccccc23)c1.[Cr+3].[Na+]. The van der Waals surface area contributed by atoms with Crippen molar-refractivity contribution in [3.63, 3.8) is 0 Å². The van der Waals surface area contributed by atoms with Gasteiger partial charge in [-0.2, -0.15) is 20.5 Å². The minimum atomic E-state index is -0.822. The van der Waals surface area contributed by atoms with Crippen molar-refractivity contribution in [2.75, 3.05) is 0 Å². The van der Waals surface area contributed by atoms with Gasteiger partial charge in [-0.15, -0.1) is 0 Å². The van der Waals surface area contributed by atoms with Gasteiger partial charge in [-0.25, -0.2) is 0 Å². The molecule has 0 bridgehead atoms. The van der Waals surface area contributed by atoms with E-state index in [-0.39, 0.29) is 92.3 Å². The van der Waals surface area contributed by atoms with E-state index in [1.165, 1.54) is 24.3 Å². The van der Waals surface area contributed by atoms with Crippen LogP contribution in [0.3, 0.4) is 0 Å². The van der Waals surface area contributed by atoms with Crippen LogP contribution in [0.1, 0.15) is 32.8 Å². The summed E-state index contributed by atoms with van der Waals surface area (Å²) < 4.78 is 0. The third-order valence-electron chi connectivity index (χ3n) is 8.31. The molecule has 0 aliphatic heterocycles. The first kappa shape index (κ1) is 42.0. The number of nitro benzene ring substituents is 2.